The molecule has 1 saturated heterocycles. The number of rotatable bonds is 6. The summed E-state index contributed by atoms with van der Waals surface area (Å²) < 4.78 is 28.6. The highest BCUT2D eigenvalue weighted by atomic mass is 32.2. The Morgan fingerprint density at radius 3 is 2.42 bits per heavy atom. The van der Waals surface area contributed by atoms with Gasteiger partial charge in [-0.25, -0.2) is 12.7 Å². The van der Waals surface area contributed by atoms with Crippen LogP contribution in [0.4, 0.5) is 5.95 Å². The Balaban J connectivity index is 1.38. The molecule has 0 unspecified atom stereocenters. The van der Waals surface area contributed by atoms with Crippen LogP contribution in [0.2, 0.25) is 0 Å². The third-order valence-corrected chi connectivity index (χ3v) is 8.73. The van der Waals surface area contributed by atoms with Crippen LogP contribution in [0, 0.1) is 6.92 Å². The second-order valence-corrected chi connectivity index (χ2v) is 11.1. The normalized spacial score (nSPS) is 17.4. The molecule has 1 fully saturated rings. The number of aromatic nitrogens is 3. The molecule has 33 heavy (non-hydrogen) atoms. The van der Waals surface area contributed by atoms with Gasteiger partial charge in [-0.05, 0) is 50.5 Å². The molecule has 2 aliphatic rings. The smallest absolute Gasteiger partial charge is 0.269 e. The number of carbonyl (C=O) groups is 1. The van der Waals surface area contributed by atoms with E-state index in [1.807, 2.05) is 23.6 Å². The molecule has 5 rings (SSSR count). The highest BCUT2D eigenvalue weighted by Crippen LogP contribution is 2.32. The van der Waals surface area contributed by atoms with Crippen molar-refractivity contribution in [3.05, 3.63) is 59.7 Å². The molecule has 2 aromatic carbocycles. The van der Waals surface area contributed by atoms with E-state index in [1.165, 1.54) is 24.2 Å². The minimum Gasteiger partial charge on any atom is -0.341 e. The van der Waals surface area contributed by atoms with Crippen molar-refractivity contribution < 1.29 is 13.2 Å². The molecule has 1 amide bonds. The fraction of sp³-hybridized carbons (Fsp3) is 0.348. The minimum absolute atomic E-state index is 0.0698. The monoisotopic (exact) mass is 483 g/mol. The lowest BCUT2D eigenvalue weighted by Gasteiger charge is -2.27. The van der Waals surface area contributed by atoms with Crippen LogP contribution in [0.1, 0.15) is 35.2 Å². The number of aryl methyl sites for hydroxylation is 1. The number of nitrogens with zero attached hydrogens (tertiary/aromatic N) is 5. The maximum Gasteiger partial charge on any atom is 0.269 e. The summed E-state index contributed by atoms with van der Waals surface area (Å²) in [6, 6.07) is 14.5. The van der Waals surface area contributed by atoms with Gasteiger partial charge in [0.1, 0.15) is 4.90 Å². The van der Waals surface area contributed by atoms with Crippen molar-refractivity contribution in [2.24, 2.45) is 0 Å². The van der Waals surface area contributed by atoms with Crippen LogP contribution < -0.4 is 4.90 Å². The van der Waals surface area contributed by atoms with Crippen molar-refractivity contribution in [1.82, 2.24) is 19.1 Å². The van der Waals surface area contributed by atoms with Crippen molar-refractivity contribution in [3.63, 3.8) is 0 Å². The van der Waals surface area contributed by atoms with Gasteiger partial charge in [0.05, 0.1) is 11.3 Å². The maximum absolute atomic E-state index is 12.8. The molecule has 0 spiro atoms. The zero-order valence-corrected chi connectivity index (χ0v) is 20.0. The van der Waals surface area contributed by atoms with Gasteiger partial charge in [-0.1, -0.05) is 41.6 Å². The van der Waals surface area contributed by atoms with Crippen LogP contribution in [0.15, 0.2) is 58.6 Å². The van der Waals surface area contributed by atoms with Crippen molar-refractivity contribution in [1.29, 1.82) is 0 Å². The number of hydrogen-bond acceptors (Lipinski definition) is 7. The van der Waals surface area contributed by atoms with Gasteiger partial charge in [0.2, 0.25) is 5.95 Å². The van der Waals surface area contributed by atoms with E-state index in [0.717, 1.165) is 47.4 Å². The van der Waals surface area contributed by atoms with Gasteiger partial charge < -0.3 is 4.90 Å². The van der Waals surface area contributed by atoms with Crippen LogP contribution in [0.3, 0.4) is 0 Å². The predicted octanol–water partition coefficient (Wildman–Crippen LogP) is 3.50. The Morgan fingerprint density at radius 2 is 1.70 bits per heavy atom. The number of benzene rings is 2. The summed E-state index contributed by atoms with van der Waals surface area (Å²) in [5.74, 6) is 0.710. The standard InChI is InChI=1S/C23H25N5O3S2/c1-17-9-11-18(12-10-17)28-22(26-13-5-2-6-14-26)24-25-23(28)32-16-15-27-21(29)19-7-3-4-8-20(19)33(27,30)31/h3-4,7-12H,2,5-6,13-16H2,1H3. The summed E-state index contributed by atoms with van der Waals surface area (Å²) in [6.45, 7) is 3.99. The van der Waals surface area contributed by atoms with Gasteiger partial charge >= 0.3 is 0 Å². The summed E-state index contributed by atoms with van der Waals surface area (Å²) >= 11 is 1.40. The molecule has 3 heterocycles. The number of anilines is 1. The van der Waals surface area contributed by atoms with Gasteiger partial charge in [-0.2, -0.15) is 0 Å². The van der Waals surface area contributed by atoms with Crippen molar-refractivity contribution in [3.8, 4) is 5.69 Å². The summed E-state index contributed by atoms with van der Waals surface area (Å²) in [5.41, 5.74) is 2.36. The molecular formula is C23H25N5O3S2. The number of thioether (sulfide) groups is 1. The molecule has 0 N–H and O–H groups in total. The molecule has 0 bridgehead atoms. The topological polar surface area (TPSA) is 88.4 Å². The molecule has 1 aromatic heterocycles. The summed E-state index contributed by atoms with van der Waals surface area (Å²) in [4.78, 5) is 15.0. The molecule has 3 aromatic rings. The maximum atomic E-state index is 12.8. The Hall–Kier alpha value is -2.85. The van der Waals surface area contributed by atoms with E-state index in [1.54, 1.807) is 18.2 Å². The Kier molecular flexibility index (Phi) is 5.88. The highest BCUT2D eigenvalue weighted by molar-refractivity contribution is 7.99. The van der Waals surface area contributed by atoms with Crippen LogP contribution in [-0.4, -0.2) is 58.8 Å². The second-order valence-electron chi connectivity index (χ2n) is 8.23. The lowest BCUT2D eigenvalue weighted by molar-refractivity contribution is 0.0876. The number of hydrogen-bond donors (Lipinski definition) is 0. The highest BCUT2D eigenvalue weighted by Gasteiger charge is 2.40. The molecular weight excluding hydrogens is 458 g/mol. The quantitative estimate of drug-likeness (QED) is 0.496. The molecule has 0 aliphatic carbocycles. The summed E-state index contributed by atoms with van der Waals surface area (Å²) in [6.07, 6.45) is 3.47. The first-order chi connectivity index (χ1) is 16.0. The van der Waals surface area contributed by atoms with Gasteiger partial charge in [-0.3, -0.25) is 9.36 Å². The van der Waals surface area contributed by atoms with Crippen LogP contribution in [-0.2, 0) is 10.0 Å². The molecule has 172 valence electrons. The largest absolute Gasteiger partial charge is 0.341 e. The molecule has 8 nitrogen and oxygen atoms in total. The predicted molar refractivity (Wildman–Crippen MR) is 128 cm³/mol. The Labute approximate surface area is 197 Å². The number of fused-ring (bicyclic) bond motifs is 1. The summed E-state index contributed by atoms with van der Waals surface area (Å²) in [5, 5.41) is 9.60. The average Bonchev–Trinajstić information content (AvgIpc) is 3.33. The lowest BCUT2D eigenvalue weighted by Crippen LogP contribution is -2.32. The lowest BCUT2D eigenvalue weighted by atomic mass is 10.1. The molecule has 0 atom stereocenters. The number of piperidine rings is 1. The first-order valence-corrected chi connectivity index (χ1v) is 13.5. The van der Waals surface area contributed by atoms with E-state index in [-0.39, 0.29) is 17.0 Å². The molecule has 2 aliphatic heterocycles. The van der Waals surface area contributed by atoms with Crippen molar-refractivity contribution >= 4 is 33.6 Å². The third-order valence-electron chi connectivity index (χ3n) is 5.98. The van der Waals surface area contributed by atoms with Crippen molar-refractivity contribution in [2.45, 2.75) is 36.2 Å². The molecule has 0 saturated carbocycles. The zero-order chi connectivity index (χ0) is 23.0. The van der Waals surface area contributed by atoms with Gasteiger partial charge in [0.25, 0.3) is 15.9 Å². The Morgan fingerprint density at radius 1 is 0.970 bits per heavy atom. The van der Waals surface area contributed by atoms with Crippen LogP contribution in [0.25, 0.3) is 5.69 Å². The van der Waals surface area contributed by atoms with Crippen LogP contribution >= 0.6 is 11.8 Å². The number of sulfonamides is 1. The second kappa shape index (κ2) is 8.83. The van der Waals surface area contributed by atoms with E-state index in [4.69, 9.17) is 0 Å². The summed E-state index contributed by atoms with van der Waals surface area (Å²) in [7, 11) is -3.81. The van der Waals surface area contributed by atoms with Gasteiger partial charge in [-0.15, -0.1) is 10.2 Å². The minimum atomic E-state index is -3.81. The molecule has 0 radical (unpaired) electrons. The van der Waals surface area contributed by atoms with E-state index >= 15 is 0 Å². The zero-order valence-electron chi connectivity index (χ0n) is 18.3. The van der Waals surface area contributed by atoms with Crippen LogP contribution in [0.5, 0.6) is 0 Å². The third kappa shape index (κ3) is 4.02. The van der Waals surface area contributed by atoms with Crippen molar-refractivity contribution in [2.75, 3.05) is 30.3 Å². The number of carbonyl (C=O) groups excluding carboxylic acids is 1. The first kappa shape index (κ1) is 22.0. The fourth-order valence-electron chi connectivity index (χ4n) is 4.25. The Bertz CT molecular complexity index is 1280. The fourth-order valence-corrected chi connectivity index (χ4v) is 6.80. The molecule has 10 heteroatoms. The van der Waals surface area contributed by atoms with E-state index in [2.05, 4.69) is 27.2 Å². The van der Waals surface area contributed by atoms with Gasteiger partial charge in [0, 0.05) is 25.4 Å². The number of amides is 1. The van der Waals surface area contributed by atoms with E-state index in [0.29, 0.717) is 10.9 Å². The van der Waals surface area contributed by atoms with Gasteiger partial charge in [0.15, 0.2) is 5.16 Å². The van der Waals surface area contributed by atoms with E-state index < -0.39 is 15.9 Å². The van der Waals surface area contributed by atoms with E-state index in [9.17, 15) is 13.2 Å². The average molecular weight is 484 g/mol. The first-order valence-electron chi connectivity index (χ1n) is 11.0. The SMILES string of the molecule is Cc1ccc(-n2c(SCCN3C(=O)c4ccccc4S3(=O)=O)nnc2N2CCCCC2)cc1.